The largest absolute Gasteiger partial charge is 0.336 e. The highest BCUT2D eigenvalue weighted by atomic mass is 16.6. The summed E-state index contributed by atoms with van der Waals surface area (Å²) in [7, 11) is 0. The van der Waals surface area contributed by atoms with Crippen LogP contribution in [0.5, 0.6) is 0 Å². The minimum Gasteiger partial charge on any atom is -0.336 e. The SMILES string of the molecule is CC(C)N(Cc1ccc([N+](=O)[O-])cc1)C(=O)C1CCNCC1. The fraction of sp³-hybridized carbons (Fsp3) is 0.562. The number of nitrogens with one attached hydrogen (secondary N) is 1. The molecule has 1 saturated heterocycles. The van der Waals surface area contributed by atoms with E-state index in [9.17, 15) is 14.9 Å². The second-order valence-electron chi connectivity index (χ2n) is 6.01. The van der Waals surface area contributed by atoms with Gasteiger partial charge in [0.15, 0.2) is 0 Å². The van der Waals surface area contributed by atoms with Crippen molar-refractivity contribution in [1.82, 2.24) is 10.2 Å². The van der Waals surface area contributed by atoms with Crippen molar-refractivity contribution in [3.63, 3.8) is 0 Å². The fourth-order valence-corrected chi connectivity index (χ4v) is 2.74. The van der Waals surface area contributed by atoms with E-state index >= 15 is 0 Å². The molecular formula is C16H23N3O3. The number of nitrogens with zero attached hydrogens (tertiary/aromatic N) is 2. The Balaban J connectivity index is 2.07. The molecule has 0 aliphatic carbocycles. The molecular weight excluding hydrogens is 282 g/mol. The van der Waals surface area contributed by atoms with E-state index in [-0.39, 0.29) is 23.6 Å². The lowest BCUT2D eigenvalue weighted by molar-refractivity contribution is -0.384. The molecule has 1 aromatic rings. The molecule has 0 unspecified atom stereocenters. The van der Waals surface area contributed by atoms with Crippen molar-refractivity contribution >= 4 is 11.6 Å². The van der Waals surface area contributed by atoms with Gasteiger partial charge in [-0.15, -0.1) is 0 Å². The first kappa shape index (κ1) is 16.4. The van der Waals surface area contributed by atoms with Gasteiger partial charge in [-0.3, -0.25) is 14.9 Å². The van der Waals surface area contributed by atoms with Gasteiger partial charge in [-0.1, -0.05) is 12.1 Å². The van der Waals surface area contributed by atoms with Crippen LogP contribution >= 0.6 is 0 Å². The first-order valence-electron chi connectivity index (χ1n) is 7.73. The summed E-state index contributed by atoms with van der Waals surface area (Å²) in [4.78, 5) is 24.9. The number of nitro groups is 1. The maximum absolute atomic E-state index is 12.7. The number of carbonyl (C=O) groups excluding carboxylic acids is 1. The van der Waals surface area contributed by atoms with Gasteiger partial charge in [0.05, 0.1) is 4.92 Å². The molecule has 0 bridgehead atoms. The lowest BCUT2D eigenvalue weighted by Crippen LogP contribution is -2.43. The molecule has 0 radical (unpaired) electrons. The number of amides is 1. The molecule has 1 N–H and O–H groups in total. The zero-order valence-electron chi connectivity index (χ0n) is 13.1. The normalized spacial score (nSPS) is 15.8. The quantitative estimate of drug-likeness (QED) is 0.669. The summed E-state index contributed by atoms with van der Waals surface area (Å²) in [6, 6.07) is 6.54. The number of hydrogen-bond acceptors (Lipinski definition) is 4. The highest BCUT2D eigenvalue weighted by molar-refractivity contribution is 5.79. The molecule has 1 fully saturated rings. The predicted octanol–water partition coefficient (Wildman–Crippen LogP) is 2.33. The highest BCUT2D eigenvalue weighted by Crippen LogP contribution is 2.20. The first-order chi connectivity index (χ1) is 10.5. The van der Waals surface area contributed by atoms with Gasteiger partial charge in [-0.2, -0.15) is 0 Å². The fourth-order valence-electron chi connectivity index (χ4n) is 2.74. The second-order valence-corrected chi connectivity index (χ2v) is 6.01. The molecule has 1 aromatic carbocycles. The Kier molecular flexibility index (Phi) is 5.49. The monoisotopic (exact) mass is 305 g/mol. The number of carbonyl (C=O) groups is 1. The topological polar surface area (TPSA) is 75.5 Å². The number of non-ortho nitro benzene ring substituents is 1. The third-order valence-corrected chi connectivity index (χ3v) is 4.09. The minimum atomic E-state index is -0.413. The number of benzene rings is 1. The Morgan fingerprint density at radius 2 is 1.91 bits per heavy atom. The molecule has 1 aliphatic rings. The Morgan fingerprint density at radius 1 is 1.32 bits per heavy atom. The average Bonchev–Trinajstić information content (AvgIpc) is 2.53. The number of hydrogen-bond donors (Lipinski definition) is 1. The third-order valence-electron chi connectivity index (χ3n) is 4.09. The summed E-state index contributed by atoms with van der Waals surface area (Å²) in [5.41, 5.74) is 0.992. The molecule has 0 spiro atoms. The molecule has 6 heteroatoms. The van der Waals surface area contributed by atoms with Gasteiger partial charge in [0.2, 0.25) is 5.91 Å². The Labute approximate surface area is 130 Å². The van der Waals surface area contributed by atoms with Crippen molar-refractivity contribution in [2.75, 3.05) is 13.1 Å². The van der Waals surface area contributed by atoms with Gasteiger partial charge in [0, 0.05) is 30.6 Å². The average molecular weight is 305 g/mol. The molecule has 1 heterocycles. The van der Waals surface area contributed by atoms with Crippen LogP contribution in [0.1, 0.15) is 32.3 Å². The van der Waals surface area contributed by atoms with Crippen molar-refractivity contribution in [3.8, 4) is 0 Å². The molecule has 1 aliphatic heterocycles. The van der Waals surface area contributed by atoms with Gasteiger partial charge in [-0.25, -0.2) is 0 Å². The maximum Gasteiger partial charge on any atom is 0.269 e. The zero-order valence-corrected chi connectivity index (χ0v) is 13.1. The van der Waals surface area contributed by atoms with E-state index in [0.717, 1.165) is 31.5 Å². The van der Waals surface area contributed by atoms with E-state index in [1.54, 1.807) is 12.1 Å². The molecule has 0 atom stereocenters. The first-order valence-corrected chi connectivity index (χ1v) is 7.73. The van der Waals surface area contributed by atoms with Crippen molar-refractivity contribution in [1.29, 1.82) is 0 Å². The summed E-state index contributed by atoms with van der Waals surface area (Å²) in [6.07, 6.45) is 1.75. The second kappa shape index (κ2) is 7.35. The van der Waals surface area contributed by atoms with Crippen LogP contribution in [0.25, 0.3) is 0 Å². The summed E-state index contributed by atoms with van der Waals surface area (Å²) in [5, 5.41) is 14.0. The van der Waals surface area contributed by atoms with E-state index in [4.69, 9.17) is 0 Å². The molecule has 6 nitrogen and oxygen atoms in total. The van der Waals surface area contributed by atoms with Gasteiger partial charge in [0.25, 0.3) is 5.69 Å². The Morgan fingerprint density at radius 3 is 2.41 bits per heavy atom. The summed E-state index contributed by atoms with van der Waals surface area (Å²) < 4.78 is 0. The summed E-state index contributed by atoms with van der Waals surface area (Å²) >= 11 is 0. The van der Waals surface area contributed by atoms with Crippen LogP contribution in [0.4, 0.5) is 5.69 Å². The zero-order chi connectivity index (χ0) is 16.1. The predicted molar refractivity (Wildman–Crippen MR) is 84.4 cm³/mol. The minimum absolute atomic E-state index is 0.0736. The van der Waals surface area contributed by atoms with Crippen LogP contribution in [0.2, 0.25) is 0 Å². The van der Waals surface area contributed by atoms with Crippen LogP contribution in [0, 0.1) is 16.0 Å². The molecule has 22 heavy (non-hydrogen) atoms. The maximum atomic E-state index is 12.7. The van der Waals surface area contributed by atoms with Crippen LogP contribution in [0.15, 0.2) is 24.3 Å². The van der Waals surface area contributed by atoms with Gasteiger partial charge in [-0.05, 0) is 45.3 Å². The van der Waals surface area contributed by atoms with E-state index in [1.807, 2.05) is 18.7 Å². The van der Waals surface area contributed by atoms with Crippen molar-refractivity contribution in [2.45, 2.75) is 39.3 Å². The molecule has 0 aromatic heterocycles. The van der Waals surface area contributed by atoms with Crippen LogP contribution in [-0.4, -0.2) is 34.9 Å². The number of piperidine rings is 1. The van der Waals surface area contributed by atoms with Crippen molar-refractivity contribution in [2.24, 2.45) is 5.92 Å². The molecule has 1 amide bonds. The number of nitro benzene ring substituents is 1. The highest BCUT2D eigenvalue weighted by Gasteiger charge is 2.27. The van der Waals surface area contributed by atoms with Gasteiger partial charge in [0.1, 0.15) is 0 Å². The Hall–Kier alpha value is -1.95. The van der Waals surface area contributed by atoms with Crippen LogP contribution < -0.4 is 5.32 Å². The van der Waals surface area contributed by atoms with E-state index in [0.29, 0.717) is 6.54 Å². The van der Waals surface area contributed by atoms with Gasteiger partial charge < -0.3 is 10.2 Å². The standard InChI is InChI=1S/C16H23N3O3/c1-12(2)18(16(20)14-7-9-17-10-8-14)11-13-3-5-15(6-4-13)19(21)22/h3-6,12,14,17H,7-11H2,1-2H3. The third kappa shape index (κ3) is 4.04. The van der Waals surface area contributed by atoms with E-state index in [2.05, 4.69) is 5.32 Å². The summed E-state index contributed by atoms with van der Waals surface area (Å²) in [6.45, 7) is 6.28. The van der Waals surface area contributed by atoms with Crippen LogP contribution in [-0.2, 0) is 11.3 Å². The molecule has 2 rings (SSSR count). The van der Waals surface area contributed by atoms with Crippen molar-refractivity contribution < 1.29 is 9.72 Å². The number of rotatable bonds is 5. The van der Waals surface area contributed by atoms with E-state index in [1.165, 1.54) is 12.1 Å². The lowest BCUT2D eigenvalue weighted by atomic mass is 9.95. The van der Waals surface area contributed by atoms with Crippen LogP contribution in [0.3, 0.4) is 0 Å². The Bertz CT molecular complexity index is 522. The van der Waals surface area contributed by atoms with Crippen molar-refractivity contribution in [3.05, 3.63) is 39.9 Å². The molecule has 0 saturated carbocycles. The lowest BCUT2D eigenvalue weighted by Gasteiger charge is -2.32. The smallest absolute Gasteiger partial charge is 0.269 e. The molecule has 120 valence electrons. The van der Waals surface area contributed by atoms with E-state index < -0.39 is 4.92 Å². The van der Waals surface area contributed by atoms with Gasteiger partial charge >= 0.3 is 0 Å². The summed E-state index contributed by atoms with van der Waals surface area (Å²) in [5.74, 6) is 0.275.